The molecule has 1 saturated carbocycles. The zero-order valence-corrected chi connectivity index (χ0v) is 7.76. The van der Waals surface area contributed by atoms with Gasteiger partial charge >= 0.3 is 0 Å². The number of hydrogen-bond donors (Lipinski definition) is 0. The van der Waals surface area contributed by atoms with E-state index < -0.39 is 0 Å². The fraction of sp³-hybridized carbons (Fsp3) is 0.900. The van der Waals surface area contributed by atoms with Crippen LogP contribution in [0.4, 0.5) is 0 Å². The molecule has 0 aromatic rings. The summed E-state index contributed by atoms with van der Waals surface area (Å²) in [6.45, 7) is 6.61. The van der Waals surface area contributed by atoms with E-state index in [1.807, 2.05) is 0 Å². The zero-order valence-electron chi connectivity index (χ0n) is 7.76. The molecular weight excluding hydrogens is 136 g/mol. The second kappa shape index (κ2) is 2.96. The van der Waals surface area contributed by atoms with Crippen molar-refractivity contribution >= 4 is 6.29 Å². The summed E-state index contributed by atoms with van der Waals surface area (Å²) in [5.41, 5.74) is 0.249. The molecule has 0 spiro atoms. The molecule has 64 valence electrons. The highest BCUT2D eigenvalue weighted by Gasteiger charge is 2.36. The first kappa shape index (κ1) is 8.76. The Bertz CT molecular complexity index is 149. The Morgan fingerprint density at radius 1 is 1.45 bits per heavy atom. The van der Waals surface area contributed by atoms with Gasteiger partial charge in [0.2, 0.25) is 0 Å². The predicted molar refractivity (Wildman–Crippen MR) is 46.4 cm³/mol. The highest BCUT2D eigenvalue weighted by atomic mass is 16.1. The third-order valence-electron chi connectivity index (χ3n) is 3.14. The lowest BCUT2D eigenvalue weighted by Gasteiger charge is -2.39. The van der Waals surface area contributed by atoms with Crippen LogP contribution in [-0.2, 0) is 4.79 Å². The summed E-state index contributed by atoms with van der Waals surface area (Å²) < 4.78 is 0. The van der Waals surface area contributed by atoms with Crippen molar-refractivity contribution in [1.82, 2.24) is 0 Å². The molecule has 11 heavy (non-hydrogen) atoms. The van der Waals surface area contributed by atoms with E-state index in [1.165, 1.54) is 19.3 Å². The van der Waals surface area contributed by atoms with Crippen LogP contribution in [0.15, 0.2) is 0 Å². The van der Waals surface area contributed by atoms with Crippen LogP contribution < -0.4 is 0 Å². The molecule has 0 saturated heterocycles. The molecule has 2 atom stereocenters. The lowest BCUT2D eigenvalue weighted by Crippen LogP contribution is -2.34. The zero-order chi connectivity index (χ0) is 8.48. The van der Waals surface area contributed by atoms with Gasteiger partial charge < -0.3 is 4.79 Å². The molecule has 1 fully saturated rings. The molecule has 0 bridgehead atoms. The lowest BCUT2D eigenvalue weighted by atomic mass is 9.65. The van der Waals surface area contributed by atoms with Crippen LogP contribution >= 0.6 is 0 Å². The summed E-state index contributed by atoms with van der Waals surface area (Å²) >= 11 is 0. The van der Waals surface area contributed by atoms with Crippen LogP contribution in [0.2, 0.25) is 0 Å². The maximum Gasteiger partial charge on any atom is 0.123 e. The monoisotopic (exact) mass is 154 g/mol. The van der Waals surface area contributed by atoms with Gasteiger partial charge in [-0.1, -0.05) is 27.2 Å². The smallest absolute Gasteiger partial charge is 0.123 e. The molecule has 0 aliphatic heterocycles. The van der Waals surface area contributed by atoms with Crippen molar-refractivity contribution in [2.45, 2.75) is 40.0 Å². The molecular formula is C10H18O. The molecule has 1 rings (SSSR count). The predicted octanol–water partition coefficient (Wildman–Crippen LogP) is 2.65. The van der Waals surface area contributed by atoms with Crippen molar-refractivity contribution in [2.75, 3.05) is 0 Å². The van der Waals surface area contributed by atoms with Crippen molar-refractivity contribution in [3.63, 3.8) is 0 Å². The molecule has 0 N–H and O–H groups in total. The third kappa shape index (κ3) is 1.63. The average Bonchev–Trinajstić information content (AvgIpc) is 1.86. The summed E-state index contributed by atoms with van der Waals surface area (Å²) in [6, 6.07) is 0. The van der Waals surface area contributed by atoms with Crippen LogP contribution in [0.1, 0.15) is 40.0 Å². The number of carbonyl (C=O) groups is 1. The minimum atomic E-state index is 0.249. The van der Waals surface area contributed by atoms with E-state index in [0.717, 1.165) is 6.29 Å². The molecule has 1 aliphatic rings. The Hall–Kier alpha value is -0.330. The maximum absolute atomic E-state index is 10.8. The minimum Gasteiger partial charge on any atom is -0.303 e. The first-order valence-electron chi connectivity index (χ1n) is 4.53. The fourth-order valence-electron chi connectivity index (χ4n) is 2.31. The number of rotatable bonds is 1. The quantitative estimate of drug-likeness (QED) is 0.531. The van der Waals surface area contributed by atoms with E-state index in [4.69, 9.17) is 0 Å². The van der Waals surface area contributed by atoms with Gasteiger partial charge in [-0.3, -0.25) is 0 Å². The number of aldehydes is 1. The SMILES string of the molecule is C[C@H]1CCCC(C)(C)C1C=O. The van der Waals surface area contributed by atoms with Gasteiger partial charge in [-0.15, -0.1) is 0 Å². The number of carbonyl (C=O) groups excluding carboxylic acids is 1. The van der Waals surface area contributed by atoms with Crippen molar-refractivity contribution in [3.8, 4) is 0 Å². The standard InChI is InChI=1S/C10H18O/c1-8-5-4-6-10(2,3)9(8)7-11/h7-9H,4-6H2,1-3H3/t8-,9?/m0/s1. The van der Waals surface area contributed by atoms with Crippen LogP contribution in [0, 0.1) is 17.3 Å². The molecule has 1 nitrogen and oxygen atoms in total. The summed E-state index contributed by atoms with van der Waals surface area (Å²) in [5, 5.41) is 0. The van der Waals surface area contributed by atoms with E-state index in [0.29, 0.717) is 5.92 Å². The molecule has 0 heterocycles. The third-order valence-corrected chi connectivity index (χ3v) is 3.14. The summed E-state index contributed by atoms with van der Waals surface area (Å²) in [6.07, 6.45) is 4.88. The van der Waals surface area contributed by atoms with Crippen molar-refractivity contribution in [1.29, 1.82) is 0 Å². The second-order valence-electron chi connectivity index (χ2n) is 4.52. The average molecular weight is 154 g/mol. The van der Waals surface area contributed by atoms with Crippen molar-refractivity contribution < 1.29 is 4.79 Å². The summed E-state index contributed by atoms with van der Waals surface area (Å²) in [5.74, 6) is 0.882. The second-order valence-corrected chi connectivity index (χ2v) is 4.52. The summed E-state index contributed by atoms with van der Waals surface area (Å²) in [7, 11) is 0. The normalized spacial score (nSPS) is 36.6. The number of hydrogen-bond acceptors (Lipinski definition) is 1. The van der Waals surface area contributed by atoms with Crippen LogP contribution in [0.5, 0.6) is 0 Å². The first-order chi connectivity index (χ1) is 5.08. The maximum atomic E-state index is 10.8. The highest BCUT2D eigenvalue weighted by molar-refractivity contribution is 5.55. The van der Waals surface area contributed by atoms with E-state index >= 15 is 0 Å². The van der Waals surface area contributed by atoms with Gasteiger partial charge in [0.05, 0.1) is 0 Å². The van der Waals surface area contributed by atoms with Crippen LogP contribution in [0.3, 0.4) is 0 Å². The Morgan fingerprint density at radius 3 is 2.45 bits per heavy atom. The van der Waals surface area contributed by atoms with E-state index in [2.05, 4.69) is 20.8 Å². The highest BCUT2D eigenvalue weighted by Crippen LogP contribution is 2.42. The molecule has 1 unspecified atom stereocenters. The molecule has 1 heteroatoms. The summed E-state index contributed by atoms with van der Waals surface area (Å²) in [4.78, 5) is 10.8. The fourth-order valence-corrected chi connectivity index (χ4v) is 2.31. The van der Waals surface area contributed by atoms with E-state index in [-0.39, 0.29) is 11.3 Å². The van der Waals surface area contributed by atoms with Gasteiger partial charge in [0.25, 0.3) is 0 Å². The van der Waals surface area contributed by atoms with Gasteiger partial charge in [-0.05, 0) is 24.2 Å². The first-order valence-corrected chi connectivity index (χ1v) is 4.53. The van der Waals surface area contributed by atoms with E-state index in [9.17, 15) is 4.79 Å². The Balaban J connectivity index is 2.72. The largest absolute Gasteiger partial charge is 0.303 e. The van der Waals surface area contributed by atoms with Gasteiger partial charge in [-0.25, -0.2) is 0 Å². The molecule has 0 amide bonds. The van der Waals surface area contributed by atoms with Crippen molar-refractivity contribution in [3.05, 3.63) is 0 Å². The Kier molecular flexibility index (Phi) is 2.36. The van der Waals surface area contributed by atoms with Gasteiger partial charge in [0, 0.05) is 5.92 Å². The molecule has 0 radical (unpaired) electrons. The topological polar surface area (TPSA) is 17.1 Å². The van der Waals surface area contributed by atoms with Crippen molar-refractivity contribution in [2.24, 2.45) is 17.3 Å². The van der Waals surface area contributed by atoms with Gasteiger partial charge in [0.1, 0.15) is 6.29 Å². The Morgan fingerprint density at radius 2 is 2.09 bits per heavy atom. The van der Waals surface area contributed by atoms with Gasteiger partial charge in [0.15, 0.2) is 0 Å². The van der Waals surface area contributed by atoms with Gasteiger partial charge in [-0.2, -0.15) is 0 Å². The van der Waals surface area contributed by atoms with E-state index in [1.54, 1.807) is 0 Å². The van der Waals surface area contributed by atoms with Crippen LogP contribution in [0.25, 0.3) is 0 Å². The molecule has 1 aliphatic carbocycles. The lowest BCUT2D eigenvalue weighted by molar-refractivity contribution is -0.117. The molecule has 0 aromatic carbocycles. The minimum absolute atomic E-state index is 0.249. The Labute approximate surface area is 69.2 Å². The van der Waals surface area contributed by atoms with Crippen LogP contribution in [-0.4, -0.2) is 6.29 Å². The molecule has 0 aromatic heterocycles.